The van der Waals surface area contributed by atoms with Gasteiger partial charge in [0.15, 0.2) is 0 Å². The van der Waals surface area contributed by atoms with Crippen LogP contribution in [0.2, 0.25) is 0 Å². The minimum atomic E-state index is -0.945. The molecule has 1 fully saturated rings. The van der Waals surface area contributed by atoms with E-state index >= 15 is 0 Å². The number of aromatic nitrogens is 2. The minimum Gasteiger partial charge on any atom is -0.478 e. The zero-order valence-corrected chi connectivity index (χ0v) is 18.3. The van der Waals surface area contributed by atoms with Crippen molar-refractivity contribution in [3.05, 3.63) is 88.9 Å². The molecule has 1 aliphatic rings. The lowest BCUT2D eigenvalue weighted by Gasteiger charge is -2.12. The third-order valence-corrected chi connectivity index (χ3v) is 6.40. The van der Waals surface area contributed by atoms with Crippen molar-refractivity contribution < 1.29 is 18.7 Å². The van der Waals surface area contributed by atoms with Crippen LogP contribution in [0, 0.1) is 11.6 Å². The molecule has 0 bridgehead atoms. The largest absolute Gasteiger partial charge is 0.478 e. The number of carboxylic acids is 1. The molecule has 0 aliphatic heterocycles. The van der Waals surface area contributed by atoms with Gasteiger partial charge in [0.1, 0.15) is 11.6 Å². The number of rotatable bonds is 7. The molecular weight excluding hydrogens is 422 g/mol. The second kappa shape index (κ2) is 8.43. The molecule has 6 heteroatoms. The van der Waals surface area contributed by atoms with Gasteiger partial charge in [0, 0.05) is 42.0 Å². The highest BCUT2D eigenvalue weighted by Crippen LogP contribution is 2.40. The predicted octanol–water partition coefficient (Wildman–Crippen LogP) is 6.27. The van der Waals surface area contributed by atoms with Gasteiger partial charge in [-0.2, -0.15) is 0 Å². The van der Waals surface area contributed by atoms with Gasteiger partial charge in [-0.05, 0) is 85.5 Å². The van der Waals surface area contributed by atoms with Crippen LogP contribution < -0.4 is 0 Å². The summed E-state index contributed by atoms with van der Waals surface area (Å²) in [4.78, 5) is 16.2. The van der Waals surface area contributed by atoms with Crippen molar-refractivity contribution in [2.75, 3.05) is 0 Å². The van der Waals surface area contributed by atoms with Crippen LogP contribution in [0.3, 0.4) is 0 Å². The Hall–Kier alpha value is -3.54. The number of benzene rings is 2. The van der Waals surface area contributed by atoms with Crippen LogP contribution in [0.4, 0.5) is 8.78 Å². The molecule has 0 radical (unpaired) electrons. The van der Waals surface area contributed by atoms with Gasteiger partial charge in [-0.3, -0.25) is 4.98 Å². The molecule has 0 saturated heterocycles. The van der Waals surface area contributed by atoms with E-state index in [0.717, 1.165) is 40.9 Å². The molecule has 2 heterocycles. The molecule has 2 aromatic heterocycles. The lowest BCUT2D eigenvalue weighted by molar-refractivity contribution is 0.0695. The van der Waals surface area contributed by atoms with Gasteiger partial charge < -0.3 is 9.67 Å². The molecule has 0 unspecified atom stereocenters. The summed E-state index contributed by atoms with van der Waals surface area (Å²) in [6.45, 7) is 0. The van der Waals surface area contributed by atoms with Crippen molar-refractivity contribution in [2.24, 2.45) is 7.05 Å². The quantitative estimate of drug-likeness (QED) is 0.364. The summed E-state index contributed by atoms with van der Waals surface area (Å²) in [5.41, 5.74) is 4.86. The molecule has 0 atom stereocenters. The number of aromatic carboxylic acids is 1. The van der Waals surface area contributed by atoms with Crippen LogP contribution in [0.5, 0.6) is 0 Å². The minimum absolute atomic E-state index is 0.284. The first-order chi connectivity index (χ1) is 15.9. The second-order valence-corrected chi connectivity index (χ2v) is 8.83. The Labute approximate surface area is 190 Å². The Kier molecular flexibility index (Phi) is 5.44. The first-order valence-corrected chi connectivity index (χ1v) is 11.2. The normalized spacial score (nSPS) is 13.5. The summed E-state index contributed by atoms with van der Waals surface area (Å²) in [7, 11) is 1.90. The van der Waals surface area contributed by atoms with Gasteiger partial charge in [-0.25, -0.2) is 13.6 Å². The van der Waals surface area contributed by atoms with E-state index in [1.165, 1.54) is 12.1 Å². The van der Waals surface area contributed by atoms with Crippen LogP contribution in [0.1, 0.15) is 52.4 Å². The van der Waals surface area contributed by atoms with Gasteiger partial charge in [-0.1, -0.05) is 0 Å². The number of hydrogen-bond acceptors (Lipinski definition) is 2. The van der Waals surface area contributed by atoms with Gasteiger partial charge in [-0.15, -0.1) is 0 Å². The number of fused-ring (bicyclic) bond motifs is 1. The van der Waals surface area contributed by atoms with Crippen molar-refractivity contribution in [3.8, 4) is 11.1 Å². The van der Waals surface area contributed by atoms with E-state index in [2.05, 4.69) is 11.1 Å². The maximum Gasteiger partial charge on any atom is 0.337 e. The monoisotopic (exact) mass is 446 g/mol. The van der Waals surface area contributed by atoms with E-state index in [9.17, 15) is 18.7 Å². The number of nitrogens with zero attached hydrogens (tertiary/aromatic N) is 2. The number of pyridine rings is 1. The van der Waals surface area contributed by atoms with Gasteiger partial charge in [0.2, 0.25) is 0 Å². The number of aryl methyl sites for hydroxylation is 3. The molecule has 5 rings (SSSR count). The van der Waals surface area contributed by atoms with Crippen LogP contribution in [0.25, 0.3) is 22.0 Å². The SMILES string of the molecule is Cn1ccc2cc(CCCc3ncc(C4CC4)cc3C(=O)O)cc(-c3ccc(F)cc3F)c21. The van der Waals surface area contributed by atoms with Crippen molar-refractivity contribution in [1.82, 2.24) is 9.55 Å². The molecule has 1 saturated carbocycles. The highest BCUT2D eigenvalue weighted by molar-refractivity contribution is 5.95. The summed E-state index contributed by atoms with van der Waals surface area (Å²) in [5, 5.41) is 10.6. The molecule has 1 N–H and O–H groups in total. The molecule has 1 aliphatic carbocycles. The number of carboxylic acid groups (broad SMARTS) is 1. The summed E-state index contributed by atoms with van der Waals surface area (Å²) in [6, 6.07) is 11.4. The summed E-state index contributed by atoms with van der Waals surface area (Å²) in [6.07, 6.45) is 7.86. The smallest absolute Gasteiger partial charge is 0.337 e. The Bertz CT molecular complexity index is 1370. The van der Waals surface area contributed by atoms with Gasteiger partial charge in [0.05, 0.1) is 16.8 Å². The molecule has 4 nitrogen and oxygen atoms in total. The summed E-state index contributed by atoms with van der Waals surface area (Å²) >= 11 is 0. The highest BCUT2D eigenvalue weighted by Gasteiger charge is 2.25. The fourth-order valence-corrected chi connectivity index (χ4v) is 4.56. The van der Waals surface area contributed by atoms with E-state index in [1.54, 1.807) is 6.07 Å². The van der Waals surface area contributed by atoms with E-state index < -0.39 is 17.6 Å². The third-order valence-electron chi connectivity index (χ3n) is 6.40. The lowest BCUT2D eigenvalue weighted by Crippen LogP contribution is -2.07. The first kappa shape index (κ1) is 21.3. The topological polar surface area (TPSA) is 55.1 Å². The van der Waals surface area contributed by atoms with E-state index in [1.807, 2.05) is 36.1 Å². The average molecular weight is 446 g/mol. The molecule has 0 amide bonds. The van der Waals surface area contributed by atoms with E-state index in [0.29, 0.717) is 42.0 Å². The maximum atomic E-state index is 14.6. The Morgan fingerprint density at radius 1 is 1.09 bits per heavy atom. The van der Waals surface area contributed by atoms with Crippen LogP contribution in [-0.2, 0) is 19.9 Å². The molecular formula is C27H24F2N2O2. The summed E-state index contributed by atoms with van der Waals surface area (Å²) in [5.74, 6) is -1.70. The van der Waals surface area contributed by atoms with Crippen molar-refractivity contribution in [3.63, 3.8) is 0 Å². The summed E-state index contributed by atoms with van der Waals surface area (Å²) < 4.78 is 30.0. The van der Waals surface area contributed by atoms with Crippen molar-refractivity contribution in [1.29, 1.82) is 0 Å². The van der Waals surface area contributed by atoms with Crippen LogP contribution in [-0.4, -0.2) is 20.6 Å². The zero-order chi connectivity index (χ0) is 23.1. The van der Waals surface area contributed by atoms with Gasteiger partial charge in [0.25, 0.3) is 0 Å². The Morgan fingerprint density at radius 2 is 1.91 bits per heavy atom. The first-order valence-electron chi connectivity index (χ1n) is 11.2. The maximum absolute atomic E-state index is 14.6. The molecule has 4 aromatic rings. The van der Waals surface area contributed by atoms with Crippen LogP contribution >= 0.6 is 0 Å². The molecule has 168 valence electrons. The standard InChI is InChI=1S/C27H24F2N2O2/c1-31-10-9-18-11-16(12-22(26(18)31)21-8-7-20(28)14-24(21)29)3-2-4-25-23(27(32)33)13-19(15-30-25)17-5-6-17/h7-15,17H,2-6H2,1H3,(H,32,33). The van der Waals surface area contributed by atoms with E-state index in [-0.39, 0.29) is 5.56 Å². The highest BCUT2D eigenvalue weighted by atomic mass is 19.1. The Morgan fingerprint density at radius 3 is 2.64 bits per heavy atom. The third kappa shape index (κ3) is 4.25. The number of carbonyl (C=O) groups is 1. The average Bonchev–Trinajstić information content (AvgIpc) is 3.56. The van der Waals surface area contributed by atoms with E-state index in [4.69, 9.17) is 0 Å². The number of halogens is 2. The van der Waals surface area contributed by atoms with Crippen molar-refractivity contribution in [2.45, 2.75) is 38.0 Å². The zero-order valence-electron chi connectivity index (χ0n) is 18.3. The molecule has 0 spiro atoms. The molecule has 33 heavy (non-hydrogen) atoms. The van der Waals surface area contributed by atoms with Gasteiger partial charge >= 0.3 is 5.97 Å². The predicted molar refractivity (Wildman–Crippen MR) is 123 cm³/mol. The number of hydrogen-bond donors (Lipinski definition) is 1. The molecule has 2 aromatic carbocycles. The fraction of sp³-hybridized carbons (Fsp3) is 0.259. The lowest BCUT2D eigenvalue weighted by atomic mass is 9.96. The Balaban J connectivity index is 1.42. The second-order valence-electron chi connectivity index (χ2n) is 8.83. The van der Waals surface area contributed by atoms with Crippen LogP contribution in [0.15, 0.2) is 54.9 Å². The fourth-order valence-electron chi connectivity index (χ4n) is 4.56. The van der Waals surface area contributed by atoms with Crippen molar-refractivity contribution >= 4 is 16.9 Å².